The van der Waals surface area contributed by atoms with Gasteiger partial charge in [0.15, 0.2) is 0 Å². The highest BCUT2D eigenvalue weighted by Crippen LogP contribution is 2.28. The molecule has 0 atom stereocenters. The standard InChI is InChI=1S/C12H15F3N2/c1-3-4-5-6-7-8-10-9-11(12(13,14)15)17(2)16-10/h9H,3-6H2,1-2H3. The van der Waals surface area contributed by atoms with E-state index in [0.29, 0.717) is 6.42 Å². The molecule has 0 aliphatic heterocycles. The summed E-state index contributed by atoms with van der Waals surface area (Å²) in [6, 6.07) is 0.979. The van der Waals surface area contributed by atoms with Crippen molar-refractivity contribution in [2.24, 2.45) is 7.05 Å². The molecule has 0 spiro atoms. The zero-order chi connectivity index (χ0) is 12.9. The third-order valence-corrected chi connectivity index (χ3v) is 2.29. The Balaban J connectivity index is 2.67. The summed E-state index contributed by atoms with van der Waals surface area (Å²) in [6.07, 6.45) is -0.508. The van der Waals surface area contributed by atoms with E-state index in [9.17, 15) is 13.2 Å². The zero-order valence-corrected chi connectivity index (χ0v) is 9.93. The van der Waals surface area contributed by atoms with Crippen LogP contribution < -0.4 is 0 Å². The first kappa shape index (κ1) is 13.6. The predicted molar refractivity (Wildman–Crippen MR) is 59.2 cm³/mol. The van der Waals surface area contributed by atoms with Gasteiger partial charge in [0.1, 0.15) is 11.4 Å². The Kier molecular flexibility index (Phi) is 4.62. The van der Waals surface area contributed by atoms with Crippen LogP contribution in [0.2, 0.25) is 0 Å². The van der Waals surface area contributed by atoms with Gasteiger partial charge in [0, 0.05) is 19.5 Å². The van der Waals surface area contributed by atoms with Crippen LogP contribution in [0.3, 0.4) is 0 Å². The van der Waals surface area contributed by atoms with Gasteiger partial charge in [0.05, 0.1) is 0 Å². The normalized spacial score (nSPS) is 11.1. The summed E-state index contributed by atoms with van der Waals surface area (Å²) in [5, 5.41) is 3.72. The van der Waals surface area contributed by atoms with Gasteiger partial charge in [-0.2, -0.15) is 18.3 Å². The predicted octanol–water partition coefficient (Wildman–Crippen LogP) is 3.37. The van der Waals surface area contributed by atoms with E-state index in [1.165, 1.54) is 7.05 Å². The molecule has 0 aromatic carbocycles. The van der Waals surface area contributed by atoms with Crippen molar-refractivity contribution in [1.29, 1.82) is 0 Å². The molecule has 0 aliphatic rings. The van der Waals surface area contributed by atoms with Gasteiger partial charge in [-0.25, -0.2) is 0 Å². The first-order chi connectivity index (χ1) is 7.95. The maximum Gasteiger partial charge on any atom is 0.433 e. The highest BCUT2D eigenvalue weighted by molar-refractivity contribution is 5.29. The fourth-order valence-electron chi connectivity index (χ4n) is 1.41. The summed E-state index contributed by atoms with van der Waals surface area (Å²) >= 11 is 0. The van der Waals surface area contributed by atoms with Gasteiger partial charge in [-0.15, -0.1) is 0 Å². The Hall–Kier alpha value is -1.44. The van der Waals surface area contributed by atoms with E-state index in [2.05, 4.69) is 23.9 Å². The molecular weight excluding hydrogens is 229 g/mol. The first-order valence-corrected chi connectivity index (χ1v) is 5.55. The van der Waals surface area contributed by atoms with Gasteiger partial charge < -0.3 is 0 Å². The highest BCUT2D eigenvalue weighted by atomic mass is 19.4. The summed E-state index contributed by atoms with van der Waals surface area (Å²) < 4.78 is 38.1. The molecule has 17 heavy (non-hydrogen) atoms. The minimum absolute atomic E-state index is 0.177. The Bertz CT molecular complexity index is 421. The van der Waals surface area contributed by atoms with Crippen LogP contribution in [-0.4, -0.2) is 9.78 Å². The maximum absolute atomic E-state index is 12.4. The largest absolute Gasteiger partial charge is 0.433 e. The van der Waals surface area contributed by atoms with Crippen molar-refractivity contribution < 1.29 is 13.2 Å². The third-order valence-electron chi connectivity index (χ3n) is 2.29. The molecule has 1 heterocycles. The summed E-state index contributed by atoms with van der Waals surface area (Å²) in [4.78, 5) is 0. The fourth-order valence-corrected chi connectivity index (χ4v) is 1.41. The van der Waals surface area contributed by atoms with Crippen LogP contribution >= 0.6 is 0 Å². The van der Waals surface area contributed by atoms with E-state index in [-0.39, 0.29) is 5.69 Å². The molecule has 1 rings (SSSR count). The fraction of sp³-hybridized carbons (Fsp3) is 0.583. The van der Waals surface area contributed by atoms with Crippen LogP contribution in [0.5, 0.6) is 0 Å². The minimum Gasteiger partial charge on any atom is -0.262 e. The number of aromatic nitrogens is 2. The molecule has 1 aromatic rings. The van der Waals surface area contributed by atoms with Crippen LogP contribution in [-0.2, 0) is 13.2 Å². The second kappa shape index (κ2) is 5.76. The van der Waals surface area contributed by atoms with Crippen LogP contribution in [0.25, 0.3) is 0 Å². The van der Waals surface area contributed by atoms with Crippen molar-refractivity contribution >= 4 is 0 Å². The molecule has 94 valence electrons. The second-order valence-corrected chi connectivity index (χ2v) is 3.80. The zero-order valence-electron chi connectivity index (χ0n) is 9.93. The Labute approximate surface area is 98.8 Å². The summed E-state index contributed by atoms with van der Waals surface area (Å²) in [7, 11) is 1.27. The Morgan fingerprint density at radius 2 is 2.06 bits per heavy atom. The first-order valence-electron chi connectivity index (χ1n) is 5.55. The molecular formula is C12H15F3N2. The van der Waals surface area contributed by atoms with Crippen LogP contribution in [0.15, 0.2) is 6.07 Å². The van der Waals surface area contributed by atoms with Crippen LogP contribution in [0, 0.1) is 11.8 Å². The highest BCUT2D eigenvalue weighted by Gasteiger charge is 2.34. The lowest BCUT2D eigenvalue weighted by Crippen LogP contribution is -2.11. The molecule has 0 radical (unpaired) electrons. The lowest BCUT2D eigenvalue weighted by atomic mass is 10.2. The molecule has 2 nitrogen and oxygen atoms in total. The van der Waals surface area contributed by atoms with Gasteiger partial charge in [-0.3, -0.25) is 4.68 Å². The molecule has 1 aromatic heterocycles. The topological polar surface area (TPSA) is 17.8 Å². The SMILES string of the molecule is CCCCCC#Cc1cc(C(F)(F)F)n(C)n1. The van der Waals surface area contributed by atoms with E-state index in [4.69, 9.17) is 0 Å². The number of aryl methyl sites for hydroxylation is 1. The number of nitrogens with zero attached hydrogens (tertiary/aromatic N) is 2. The monoisotopic (exact) mass is 244 g/mol. The molecule has 0 aliphatic carbocycles. The molecule has 0 unspecified atom stereocenters. The number of hydrogen-bond acceptors (Lipinski definition) is 1. The number of halogens is 3. The van der Waals surface area contributed by atoms with E-state index in [1.807, 2.05) is 0 Å². The number of rotatable bonds is 3. The van der Waals surface area contributed by atoms with Crippen molar-refractivity contribution in [3.63, 3.8) is 0 Å². The van der Waals surface area contributed by atoms with E-state index >= 15 is 0 Å². The minimum atomic E-state index is -4.37. The van der Waals surface area contributed by atoms with E-state index in [0.717, 1.165) is 30.0 Å². The lowest BCUT2D eigenvalue weighted by molar-refractivity contribution is -0.143. The molecule has 5 heteroatoms. The van der Waals surface area contributed by atoms with Crippen molar-refractivity contribution in [3.8, 4) is 11.8 Å². The summed E-state index contributed by atoms with van der Waals surface area (Å²) in [5.41, 5.74) is -0.591. The van der Waals surface area contributed by atoms with Gasteiger partial charge in [0.25, 0.3) is 0 Å². The maximum atomic E-state index is 12.4. The average molecular weight is 244 g/mol. The number of hydrogen-bond donors (Lipinski definition) is 0. The third kappa shape index (κ3) is 4.14. The van der Waals surface area contributed by atoms with Gasteiger partial charge in [0.2, 0.25) is 0 Å². The second-order valence-electron chi connectivity index (χ2n) is 3.80. The smallest absolute Gasteiger partial charge is 0.262 e. The van der Waals surface area contributed by atoms with Gasteiger partial charge in [-0.1, -0.05) is 25.7 Å². The van der Waals surface area contributed by atoms with Gasteiger partial charge in [-0.05, 0) is 12.3 Å². The Morgan fingerprint density at radius 1 is 1.35 bits per heavy atom. The molecule has 0 fully saturated rings. The average Bonchev–Trinajstić information content (AvgIpc) is 2.59. The quantitative estimate of drug-likeness (QED) is 0.588. The van der Waals surface area contributed by atoms with Gasteiger partial charge >= 0.3 is 6.18 Å². The molecule has 0 amide bonds. The van der Waals surface area contributed by atoms with Crippen molar-refractivity contribution in [3.05, 3.63) is 17.5 Å². The molecule has 0 saturated carbocycles. The lowest BCUT2D eigenvalue weighted by Gasteiger charge is -2.04. The number of alkyl halides is 3. The summed E-state index contributed by atoms with van der Waals surface area (Å²) in [5.74, 6) is 5.49. The molecule has 0 bridgehead atoms. The van der Waals surface area contributed by atoms with Crippen LogP contribution in [0.1, 0.15) is 44.0 Å². The molecule has 0 N–H and O–H groups in total. The Morgan fingerprint density at radius 3 is 2.59 bits per heavy atom. The van der Waals surface area contributed by atoms with Crippen molar-refractivity contribution in [2.75, 3.05) is 0 Å². The summed E-state index contributed by atoms with van der Waals surface area (Å²) in [6.45, 7) is 2.09. The number of unbranched alkanes of at least 4 members (excludes halogenated alkanes) is 3. The molecule has 0 saturated heterocycles. The van der Waals surface area contributed by atoms with E-state index in [1.54, 1.807) is 0 Å². The van der Waals surface area contributed by atoms with Crippen LogP contribution in [0.4, 0.5) is 13.2 Å². The van der Waals surface area contributed by atoms with Crippen molar-refractivity contribution in [2.45, 2.75) is 38.8 Å². The van der Waals surface area contributed by atoms with E-state index < -0.39 is 11.9 Å². The van der Waals surface area contributed by atoms with Crippen molar-refractivity contribution in [1.82, 2.24) is 9.78 Å².